The van der Waals surface area contributed by atoms with E-state index in [-0.39, 0.29) is 11.8 Å². The van der Waals surface area contributed by atoms with Crippen molar-refractivity contribution in [2.24, 2.45) is 0 Å². The summed E-state index contributed by atoms with van der Waals surface area (Å²) in [5, 5.41) is 0. The molecule has 0 aromatic heterocycles. The quantitative estimate of drug-likeness (QED) is 0.760. The van der Waals surface area contributed by atoms with Crippen LogP contribution in [-0.2, 0) is 10.2 Å². The highest BCUT2D eigenvalue weighted by molar-refractivity contribution is 5.93. The number of carbonyl (C=O) groups is 1. The van der Waals surface area contributed by atoms with E-state index in [0.717, 1.165) is 11.1 Å². The Labute approximate surface area is 144 Å². The fraction of sp³-hybridized carbons (Fsp3) is 0.381. The van der Waals surface area contributed by atoms with Crippen LogP contribution in [0.25, 0.3) is 0 Å². The van der Waals surface area contributed by atoms with Crippen molar-refractivity contribution in [2.45, 2.75) is 38.1 Å². The Morgan fingerprint density at radius 1 is 1.04 bits per heavy atom. The first-order valence-electron chi connectivity index (χ1n) is 9.47. The molecule has 0 aliphatic heterocycles. The molecule has 0 amide bonds. The molecule has 2 heteroatoms. The molecule has 0 saturated heterocycles. The highest BCUT2D eigenvalue weighted by Gasteiger charge is 2.41. The molecule has 0 spiro atoms. The lowest BCUT2D eigenvalue weighted by Crippen LogP contribution is -2.42. The van der Waals surface area contributed by atoms with Crippen LogP contribution >= 0.6 is 0 Å². The molecule has 23 heavy (non-hydrogen) atoms. The first-order chi connectivity index (χ1) is 12.2. The van der Waals surface area contributed by atoms with Gasteiger partial charge in [-0.1, -0.05) is 67.5 Å². The first kappa shape index (κ1) is 13.5. The van der Waals surface area contributed by atoms with Crippen LogP contribution in [0.4, 0.5) is 0 Å². The second kappa shape index (κ2) is 7.56. The predicted octanol–water partition coefficient (Wildman–Crippen LogP) is 4.29. The number of nitrogens with zero attached hydrogens (tertiary/aromatic N) is 1. The Morgan fingerprint density at radius 3 is 1.91 bits per heavy atom. The van der Waals surface area contributed by atoms with E-state index in [4.69, 9.17) is 4.11 Å². The molecule has 0 bridgehead atoms. The summed E-state index contributed by atoms with van der Waals surface area (Å²) in [5.74, 6) is -0.261. The van der Waals surface area contributed by atoms with Gasteiger partial charge in [-0.25, -0.2) is 0 Å². The monoisotopic (exact) mass is 312 g/mol. The standard InChI is InChI=1S/C21H27NO/c1-5-20(23)21(16-17(2)22(3)4,18-12-8-6-9-13-18)19-14-10-7-11-15-19/h6-15,17H,5,16H2,1-4H3/i1D3. The minimum Gasteiger partial charge on any atom is -0.307 e. The zero-order chi connectivity index (χ0) is 19.4. The van der Waals surface area contributed by atoms with E-state index < -0.39 is 18.7 Å². The van der Waals surface area contributed by atoms with Gasteiger partial charge >= 0.3 is 0 Å². The summed E-state index contributed by atoms with van der Waals surface area (Å²) in [5.41, 5.74) is 0.698. The lowest BCUT2D eigenvalue weighted by molar-refractivity contribution is -0.123. The van der Waals surface area contributed by atoms with Gasteiger partial charge in [-0.3, -0.25) is 4.79 Å². The number of Topliss-reactive ketones (excluding diaryl/α,β-unsaturated/α-hetero) is 1. The van der Waals surface area contributed by atoms with Crippen LogP contribution in [0.3, 0.4) is 0 Å². The molecule has 0 heterocycles. The summed E-state index contributed by atoms with van der Waals surface area (Å²) >= 11 is 0. The summed E-state index contributed by atoms with van der Waals surface area (Å²) in [4.78, 5) is 15.5. The van der Waals surface area contributed by atoms with Gasteiger partial charge in [0.05, 0.1) is 5.41 Å². The highest BCUT2D eigenvalue weighted by Crippen LogP contribution is 2.39. The molecule has 122 valence electrons. The number of hydrogen-bond donors (Lipinski definition) is 0. The molecule has 0 N–H and O–H groups in total. The van der Waals surface area contributed by atoms with E-state index >= 15 is 0 Å². The Hall–Kier alpha value is -1.93. The minimum absolute atomic E-state index is 0.0935. The third kappa shape index (κ3) is 3.53. The Balaban J connectivity index is 2.68. The molecule has 2 rings (SSSR count). The summed E-state index contributed by atoms with van der Waals surface area (Å²) in [6, 6.07) is 19.2. The zero-order valence-electron chi connectivity index (χ0n) is 17.1. The maximum atomic E-state index is 13.5. The number of rotatable bonds is 7. The van der Waals surface area contributed by atoms with Crippen LogP contribution in [0.15, 0.2) is 60.7 Å². The molecule has 1 atom stereocenters. The van der Waals surface area contributed by atoms with E-state index in [1.165, 1.54) is 0 Å². The van der Waals surface area contributed by atoms with Crippen molar-refractivity contribution < 1.29 is 8.91 Å². The van der Waals surface area contributed by atoms with Gasteiger partial charge in [0.1, 0.15) is 5.78 Å². The van der Waals surface area contributed by atoms with Crippen LogP contribution in [0, 0.1) is 0 Å². The van der Waals surface area contributed by atoms with Crippen molar-refractivity contribution in [3.05, 3.63) is 71.8 Å². The van der Waals surface area contributed by atoms with Crippen LogP contribution in [-0.4, -0.2) is 30.8 Å². The highest BCUT2D eigenvalue weighted by atomic mass is 16.1. The Morgan fingerprint density at radius 2 is 1.52 bits per heavy atom. The molecule has 1 unspecified atom stereocenters. The van der Waals surface area contributed by atoms with Crippen molar-refractivity contribution in [3.63, 3.8) is 0 Å². The van der Waals surface area contributed by atoms with Gasteiger partial charge in [-0.05, 0) is 38.6 Å². The van der Waals surface area contributed by atoms with Gasteiger partial charge in [0, 0.05) is 16.6 Å². The number of benzene rings is 2. The predicted molar refractivity (Wildman–Crippen MR) is 96.7 cm³/mol. The largest absolute Gasteiger partial charge is 0.307 e. The molecular formula is C21H27NO. The lowest BCUT2D eigenvalue weighted by Gasteiger charge is -2.37. The molecular weight excluding hydrogens is 282 g/mol. The molecule has 0 aliphatic carbocycles. The Bertz CT molecular complexity index is 672. The normalized spacial score (nSPS) is 15.6. The number of hydrogen-bond acceptors (Lipinski definition) is 2. The Kier molecular flexibility index (Phi) is 4.44. The van der Waals surface area contributed by atoms with E-state index in [9.17, 15) is 4.79 Å². The van der Waals surface area contributed by atoms with Crippen LogP contribution in [0.2, 0.25) is 0 Å². The maximum Gasteiger partial charge on any atom is 0.147 e. The number of carbonyl (C=O) groups excluding carboxylic acids is 1. The van der Waals surface area contributed by atoms with Gasteiger partial charge in [0.25, 0.3) is 0 Å². The third-order valence-electron chi connectivity index (χ3n) is 4.65. The van der Waals surface area contributed by atoms with Crippen molar-refractivity contribution in [3.8, 4) is 0 Å². The summed E-state index contributed by atoms with van der Waals surface area (Å²) in [6.45, 7) is -0.240. The van der Waals surface area contributed by atoms with Gasteiger partial charge in [0.15, 0.2) is 0 Å². The third-order valence-corrected chi connectivity index (χ3v) is 4.65. The van der Waals surface area contributed by atoms with Gasteiger partial charge < -0.3 is 4.90 Å². The molecule has 2 aromatic rings. The molecule has 2 aromatic carbocycles. The average molecular weight is 312 g/mol. The fourth-order valence-corrected chi connectivity index (χ4v) is 3.06. The van der Waals surface area contributed by atoms with Crippen molar-refractivity contribution in [2.75, 3.05) is 14.1 Å². The molecule has 0 radical (unpaired) electrons. The van der Waals surface area contributed by atoms with Crippen molar-refractivity contribution in [1.82, 2.24) is 4.90 Å². The average Bonchev–Trinajstić information content (AvgIpc) is 2.59. The van der Waals surface area contributed by atoms with E-state index in [1.807, 2.05) is 74.8 Å². The summed E-state index contributed by atoms with van der Waals surface area (Å²) < 4.78 is 22.9. The van der Waals surface area contributed by atoms with Gasteiger partial charge in [0.2, 0.25) is 0 Å². The minimum atomic E-state index is -2.30. The van der Waals surface area contributed by atoms with Crippen molar-refractivity contribution in [1.29, 1.82) is 0 Å². The van der Waals surface area contributed by atoms with E-state index in [0.29, 0.717) is 6.42 Å². The SMILES string of the molecule is [2H]C([2H])([2H])CC(=O)C(CC(C)N(C)C)(c1ccccc1)c1ccccc1. The lowest BCUT2D eigenvalue weighted by atomic mass is 9.67. The van der Waals surface area contributed by atoms with Gasteiger partial charge in [-0.15, -0.1) is 0 Å². The topological polar surface area (TPSA) is 20.3 Å². The van der Waals surface area contributed by atoms with E-state index in [2.05, 4.69) is 11.8 Å². The second-order valence-corrected chi connectivity index (χ2v) is 6.25. The smallest absolute Gasteiger partial charge is 0.147 e. The second-order valence-electron chi connectivity index (χ2n) is 6.25. The zero-order valence-corrected chi connectivity index (χ0v) is 14.1. The van der Waals surface area contributed by atoms with Crippen LogP contribution in [0.5, 0.6) is 0 Å². The maximum absolute atomic E-state index is 13.5. The fourth-order valence-electron chi connectivity index (χ4n) is 3.06. The van der Waals surface area contributed by atoms with Crippen molar-refractivity contribution >= 4 is 5.78 Å². The molecule has 0 fully saturated rings. The molecule has 0 aliphatic rings. The van der Waals surface area contributed by atoms with E-state index in [1.54, 1.807) is 0 Å². The number of ketones is 1. The molecule has 2 nitrogen and oxygen atoms in total. The summed E-state index contributed by atoms with van der Waals surface area (Å²) in [6.07, 6.45) is 0.0693. The van der Waals surface area contributed by atoms with Crippen LogP contribution in [0.1, 0.15) is 41.9 Å². The van der Waals surface area contributed by atoms with Crippen LogP contribution < -0.4 is 0 Å². The summed E-state index contributed by atoms with van der Waals surface area (Å²) in [7, 11) is 3.94. The first-order valence-corrected chi connectivity index (χ1v) is 7.97. The molecule has 0 saturated carbocycles. The van der Waals surface area contributed by atoms with Gasteiger partial charge in [-0.2, -0.15) is 0 Å².